The Morgan fingerprint density at radius 3 is 2.95 bits per heavy atom. The average molecular weight is 331 g/mol. The van der Waals surface area contributed by atoms with Crippen molar-refractivity contribution in [3.05, 3.63) is 18.2 Å². The SMILES string of the molecule is CCOc1ccc(OC)cc1NC(=O)CC1COCCN1.Cl. The molecule has 1 aromatic carbocycles. The first-order chi connectivity index (χ1) is 10.2. The van der Waals surface area contributed by atoms with E-state index < -0.39 is 0 Å². The Kier molecular flexibility index (Phi) is 8.01. The van der Waals surface area contributed by atoms with E-state index in [-0.39, 0.29) is 24.4 Å². The summed E-state index contributed by atoms with van der Waals surface area (Å²) >= 11 is 0. The van der Waals surface area contributed by atoms with Crippen molar-refractivity contribution in [2.45, 2.75) is 19.4 Å². The molecule has 2 N–H and O–H groups in total. The van der Waals surface area contributed by atoms with Gasteiger partial charge in [-0.25, -0.2) is 0 Å². The number of morpholine rings is 1. The molecule has 6 nitrogen and oxygen atoms in total. The van der Waals surface area contributed by atoms with Crippen LogP contribution in [-0.4, -0.2) is 45.4 Å². The van der Waals surface area contributed by atoms with E-state index in [1.807, 2.05) is 6.92 Å². The van der Waals surface area contributed by atoms with Gasteiger partial charge >= 0.3 is 0 Å². The van der Waals surface area contributed by atoms with Crippen LogP contribution in [0.3, 0.4) is 0 Å². The van der Waals surface area contributed by atoms with Crippen molar-refractivity contribution in [3.8, 4) is 11.5 Å². The number of methoxy groups -OCH3 is 1. The minimum atomic E-state index is -0.0767. The van der Waals surface area contributed by atoms with Gasteiger partial charge in [0.1, 0.15) is 11.5 Å². The summed E-state index contributed by atoms with van der Waals surface area (Å²) < 4.78 is 16.0. The van der Waals surface area contributed by atoms with Gasteiger partial charge in [0.25, 0.3) is 0 Å². The molecular weight excluding hydrogens is 308 g/mol. The predicted molar refractivity (Wildman–Crippen MR) is 87.3 cm³/mol. The second-order valence-corrected chi connectivity index (χ2v) is 4.77. The number of nitrogens with one attached hydrogen (secondary N) is 2. The van der Waals surface area contributed by atoms with Crippen LogP contribution in [0.5, 0.6) is 11.5 Å². The maximum Gasteiger partial charge on any atom is 0.226 e. The van der Waals surface area contributed by atoms with Crippen molar-refractivity contribution in [2.24, 2.45) is 0 Å². The Morgan fingerprint density at radius 1 is 1.50 bits per heavy atom. The Hall–Kier alpha value is -1.50. The van der Waals surface area contributed by atoms with E-state index in [1.54, 1.807) is 25.3 Å². The van der Waals surface area contributed by atoms with Gasteiger partial charge in [-0.2, -0.15) is 0 Å². The fourth-order valence-corrected chi connectivity index (χ4v) is 2.19. The normalized spacial score (nSPS) is 17.3. The summed E-state index contributed by atoms with van der Waals surface area (Å²) in [4.78, 5) is 12.1. The average Bonchev–Trinajstić information content (AvgIpc) is 2.50. The Balaban J connectivity index is 0.00000242. The number of benzene rings is 1. The lowest BCUT2D eigenvalue weighted by atomic mass is 10.2. The van der Waals surface area contributed by atoms with Gasteiger partial charge in [-0.05, 0) is 19.1 Å². The zero-order chi connectivity index (χ0) is 15.1. The van der Waals surface area contributed by atoms with Crippen molar-refractivity contribution in [3.63, 3.8) is 0 Å². The van der Waals surface area contributed by atoms with Crippen LogP contribution in [0.1, 0.15) is 13.3 Å². The van der Waals surface area contributed by atoms with E-state index >= 15 is 0 Å². The number of carbonyl (C=O) groups excluding carboxylic acids is 1. The molecule has 1 aliphatic heterocycles. The third-order valence-corrected chi connectivity index (χ3v) is 3.19. The van der Waals surface area contributed by atoms with Gasteiger partial charge < -0.3 is 24.8 Å². The molecular formula is C15H23ClN2O4. The second-order valence-electron chi connectivity index (χ2n) is 4.77. The summed E-state index contributed by atoms with van der Waals surface area (Å²) in [5, 5.41) is 6.13. The molecule has 22 heavy (non-hydrogen) atoms. The Morgan fingerprint density at radius 2 is 2.32 bits per heavy atom. The minimum absolute atomic E-state index is 0. The fraction of sp³-hybridized carbons (Fsp3) is 0.533. The molecule has 1 saturated heterocycles. The third kappa shape index (κ3) is 5.36. The zero-order valence-corrected chi connectivity index (χ0v) is 13.7. The highest BCUT2D eigenvalue weighted by molar-refractivity contribution is 5.93. The summed E-state index contributed by atoms with van der Waals surface area (Å²) in [6.45, 7) is 4.47. The number of amides is 1. The van der Waals surface area contributed by atoms with E-state index in [0.717, 1.165) is 6.54 Å². The van der Waals surface area contributed by atoms with Crippen LogP contribution in [0.4, 0.5) is 5.69 Å². The number of hydrogen-bond acceptors (Lipinski definition) is 5. The van der Waals surface area contributed by atoms with Crippen LogP contribution >= 0.6 is 12.4 Å². The molecule has 1 aromatic rings. The first-order valence-electron chi connectivity index (χ1n) is 7.14. The minimum Gasteiger partial charge on any atom is -0.497 e. The van der Waals surface area contributed by atoms with Crippen LogP contribution in [0.25, 0.3) is 0 Å². The number of hydrogen-bond donors (Lipinski definition) is 2. The van der Waals surface area contributed by atoms with Crippen molar-refractivity contribution in [2.75, 3.05) is 38.8 Å². The maximum atomic E-state index is 12.1. The van der Waals surface area contributed by atoms with Crippen LogP contribution in [-0.2, 0) is 9.53 Å². The molecule has 1 unspecified atom stereocenters. The molecule has 1 aliphatic rings. The van der Waals surface area contributed by atoms with Crippen molar-refractivity contribution in [1.29, 1.82) is 0 Å². The van der Waals surface area contributed by atoms with Gasteiger partial charge in [0.2, 0.25) is 5.91 Å². The first kappa shape index (κ1) is 18.5. The lowest BCUT2D eigenvalue weighted by Crippen LogP contribution is -2.43. The van der Waals surface area contributed by atoms with E-state index in [1.165, 1.54) is 0 Å². The standard InChI is InChI=1S/C15H22N2O4.ClH/c1-3-21-14-5-4-12(19-2)9-13(14)17-15(18)8-11-10-20-7-6-16-11;/h4-5,9,11,16H,3,6-8,10H2,1-2H3,(H,17,18);1H. The van der Waals surface area contributed by atoms with Crippen LogP contribution in [0.2, 0.25) is 0 Å². The van der Waals surface area contributed by atoms with Crippen molar-refractivity contribution in [1.82, 2.24) is 5.32 Å². The monoisotopic (exact) mass is 330 g/mol. The third-order valence-electron chi connectivity index (χ3n) is 3.19. The van der Waals surface area contributed by atoms with E-state index in [2.05, 4.69) is 10.6 Å². The molecule has 0 spiro atoms. The topological polar surface area (TPSA) is 68.8 Å². The number of rotatable bonds is 6. The van der Waals surface area contributed by atoms with E-state index in [0.29, 0.717) is 43.4 Å². The fourth-order valence-electron chi connectivity index (χ4n) is 2.19. The molecule has 0 bridgehead atoms. The van der Waals surface area contributed by atoms with Gasteiger partial charge in [0.05, 0.1) is 32.6 Å². The summed E-state index contributed by atoms with van der Waals surface area (Å²) in [6, 6.07) is 5.41. The smallest absolute Gasteiger partial charge is 0.226 e. The van der Waals surface area contributed by atoms with Gasteiger partial charge in [-0.1, -0.05) is 0 Å². The van der Waals surface area contributed by atoms with E-state index in [4.69, 9.17) is 14.2 Å². The largest absolute Gasteiger partial charge is 0.497 e. The highest BCUT2D eigenvalue weighted by Gasteiger charge is 2.18. The summed E-state index contributed by atoms with van der Waals surface area (Å²) in [6.07, 6.45) is 0.364. The molecule has 124 valence electrons. The van der Waals surface area contributed by atoms with Crippen molar-refractivity contribution >= 4 is 24.0 Å². The van der Waals surface area contributed by atoms with Crippen LogP contribution in [0, 0.1) is 0 Å². The summed E-state index contributed by atoms with van der Waals surface area (Å²) in [7, 11) is 1.59. The Bertz CT molecular complexity index is 479. The molecule has 1 atom stereocenters. The molecule has 2 rings (SSSR count). The van der Waals surface area contributed by atoms with Gasteiger partial charge in [0, 0.05) is 25.1 Å². The highest BCUT2D eigenvalue weighted by atomic mass is 35.5. The molecule has 0 aromatic heterocycles. The predicted octanol–water partition coefficient (Wildman–Crippen LogP) is 1.83. The van der Waals surface area contributed by atoms with Gasteiger partial charge in [-0.15, -0.1) is 12.4 Å². The summed E-state index contributed by atoms with van der Waals surface area (Å²) in [5.74, 6) is 1.24. The lowest BCUT2D eigenvalue weighted by molar-refractivity contribution is -0.117. The highest BCUT2D eigenvalue weighted by Crippen LogP contribution is 2.29. The molecule has 1 amide bonds. The second kappa shape index (κ2) is 9.50. The molecule has 0 aliphatic carbocycles. The van der Waals surface area contributed by atoms with Crippen LogP contribution in [0.15, 0.2) is 18.2 Å². The number of ether oxygens (including phenoxy) is 3. The zero-order valence-electron chi connectivity index (χ0n) is 12.9. The number of halogens is 1. The first-order valence-corrected chi connectivity index (χ1v) is 7.14. The van der Waals surface area contributed by atoms with Gasteiger partial charge in [0.15, 0.2) is 0 Å². The molecule has 1 heterocycles. The number of anilines is 1. The lowest BCUT2D eigenvalue weighted by Gasteiger charge is -2.23. The van der Waals surface area contributed by atoms with Crippen LogP contribution < -0.4 is 20.1 Å². The van der Waals surface area contributed by atoms with Gasteiger partial charge in [-0.3, -0.25) is 4.79 Å². The molecule has 7 heteroatoms. The van der Waals surface area contributed by atoms with Crippen molar-refractivity contribution < 1.29 is 19.0 Å². The number of carbonyl (C=O) groups is 1. The Labute approximate surface area is 136 Å². The quantitative estimate of drug-likeness (QED) is 0.833. The van der Waals surface area contributed by atoms with E-state index in [9.17, 15) is 4.79 Å². The molecule has 1 fully saturated rings. The molecule has 0 saturated carbocycles. The summed E-state index contributed by atoms with van der Waals surface area (Å²) in [5.41, 5.74) is 0.623. The molecule has 0 radical (unpaired) electrons. The maximum absolute atomic E-state index is 12.1.